The molecule has 1 aliphatic rings. The van der Waals surface area contributed by atoms with E-state index in [2.05, 4.69) is 0 Å². The Labute approximate surface area is 232 Å². The van der Waals surface area contributed by atoms with Gasteiger partial charge in [-0.15, -0.1) is 0 Å². The van der Waals surface area contributed by atoms with Crippen molar-refractivity contribution in [3.05, 3.63) is 47.0 Å². The van der Waals surface area contributed by atoms with Crippen LogP contribution in [0.25, 0.3) is 22.4 Å². The molecule has 12 heteroatoms. The maximum Gasteiger partial charge on any atom is 0.265 e. The first-order chi connectivity index (χ1) is 18.9. The molecule has 1 aliphatic heterocycles. The van der Waals surface area contributed by atoms with Crippen LogP contribution in [0.1, 0.15) is 17.0 Å². The van der Waals surface area contributed by atoms with Crippen LogP contribution in [0.15, 0.2) is 36.4 Å². The predicted octanol–water partition coefficient (Wildman–Crippen LogP) is 3.47. The number of ether oxygens (including phenoxy) is 6. The number of benzene rings is 2. The second kappa shape index (κ2) is 14.6. The summed E-state index contributed by atoms with van der Waals surface area (Å²) in [6.45, 7) is 4.04. The normalized spacial score (nSPS) is 16.2. The molecule has 2 aromatic carbocycles. The van der Waals surface area contributed by atoms with Crippen molar-refractivity contribution in [2.75, 3.05) is 65.7 Å². The summed E-state index contributed by atoms with van der Waals surface area (Å²) in [5.41, 5.74) is 1.83. The van der Waals surface area contributed by atoms with Crippen molar-refractivity contribution >= 4 is 43.8 Å². The number of hydrogen-bond donors (Lipinski definition) is 1. The highest BCUT2D eigenvalue weighted by atomic mass is 32.2. The molecule has 1 aromatic heterocycles. The highest BCUT2D eigenvalue weighted by molar-refractivity contribution is 7.85. The summed E-state index contributed by atoms with van der Waals surface area (Å²) in [5.74, 6) is 1.62. The van der Waals surface area contributed by atoms with E-state index in [9.17, 15) is 13.0 Å². The van der Waals surface area contributed by atoms with Gasteiger partial charge in [0.05, 0.1) is 58.6 Å². The van der Waals surface area contributed by atoms with Crippen molar-refractivity contribution in [2.24, 2.45) is 0 Å². The standard InChI is InChI=1S/C27H33NO9S2/c1-32-22-5-7-26-23(20-22)28(9-2-18-39(29,30)31)27(38-26)8-4-21-3-6-24-25(19-21)37-17-15-35-13-11-33-10-12-34-14-16-36-24/h3-8,19-20H,2,9-18H2,1H3/p+1/b8-4+. The second-order valence-corrected chi connectivity index (χ2v) is 11.3. The molecule has 2 heterocycles. The first kappa shape index (κ1) is 29.2. The summed E-state index contributed by atoms with van der Waals surface area (Å²) in [7, 11) is -2.44. The number of fused-ring (bicyclic) bond motifs is 2. The molecular weight excluding hydrogens is 546 g/mol. The highest BCUT2D eigenvalue weighted by Gasteiger charge is 2.20. The minimum absolute atomic E-state index is 0.273. The number of methoxy groups -OCH3 is 1. The van der Waals surface area contributed by atoms with E-state index in [1.54, 1.807) is 18.4 Å². The summed E-state index contributed by atoms with van der Waals surface area (Å²) in [6, 6.07) is 11.5. The summed E-state index contributed by atoms with van der Waals surface area (Å²) in [6.07, 6.45) is 4.23. The average molecular weight is 581 g/mol. The van der Waals surface area contributed by atoms with Gasteiger partial charge in [-0.25, -0.2) is 0 Å². The molecule has 3 aromatic rings. The maximum absolute atomic E-state index is 11.3. The van der Waals surface area contributed by atoms with E-state index < -0.39 is 10.1 Å². The number of nitrogens with zero attached hydrogens (tertiary/aromatic N) is 1. The Hall–Kier alpha value is -2.74. The van der Waals surface area contributed by atoms with Crippen molar-refractivity contribution in [3.63, 3.8) is 0 Å². The molecule has 10 nitrogen and oxygen atoms in total. The lowest BCUT2D eigenvalue weighted by Crippen LogP contribution is -2.36. The van der Waals surface area contributed by atoms with Crippen LogP contribution in [0.4, 0.5) is 0 Å². The molecule has 0 fully saturated rings. The smallest absolute Gasteiger partial charge is 0.265 e. The Bertz CT molecular complexity index is 1350. The van der Waals surface area contributed by atoms with Crippen molar-refractivity contribution in [3.8, 4) is 17.2 Å². The molecule has 0 atom stereocenters. The third-order valence-electron chi connectivity index (χ3n) is 5.82. The zero-order valence-electron chi connectivity index (χ0n) is 21.9. The summed E-state index contributed by atoms with van der Waals surface area (Å²) >= 11 is 1.58. The van der Waals surface area contributed by atoms with Gasteiger partial charge in [-0.3, -0.25) is 4.55 Å². The first-order valence-corrected chi connectivity index (χ1v) is 15.1. The molecular formula is C27H34NO9S2+. The maximum atomic E-state index is 11.3. The van der Waals surface area contributed by atoms with Gasteiger partial charge < -0.3 is 28.4 Å². The summed E-state index contributed by atoms with van der Waals surface area (Å²) < 4.78 is 68.6. The van der Waals surface area contributed by atoms with Gasteiger partial charge in [-0.1, -0.05) is 17.4 Å². The highest BCUT2D eigenvalue weighted by Crippen LogP contribution is 2.30. The van der Waals surface area contributed by atoms with Crippen molar-refractivity contribution in [1.82, 2.24) is 0 Å². The molecule has 39 heavy (non-hydrogen) atoms. The minimum Gasteiger partial charge on any atom is -0.497 e. The largest absolute Gasteiger partial charge is 0.497 e. The Balaban J connectivity index is 1.56. The lowest BCUT2D eigenvalue weighted by molar-refractivity contribution is -0.668. The molecule has 0 unspecified atom stereocenters. The van der Waals surface area contributed by atoms with E-state index >= 15 is 0 Å². The molecule has 4 rings (SSSR count). The Morgan fingerprint density at radius 2 is 1.56 bits per heavy atom. The van der Waals surface area contributed by atoms with Crippen LogP contribution in [0.2, 0.25) is 0 Å². The van der Waals surface area contributed by atoms with Crippen LogP contribution < -0.4 is 18.8 Å². The molecule has 0 saturated heterocycles. The van der Waals surface area contributed by atoms with E-state index in [0.29, 0.717) is 76.6 Å². The van der Waals surface area contributed by atoms with Crippen LogP contribution in [0, 0.1) is 0 Å². The summed E-state index contributed by atoms with van der Waals surface area (Å²) in [4.78, 5) is 0. The Kier molecular flexibility index (Phi) is 10.9. The molecule has 0 radical (unpaired) electrons. The van der Waals surface area contributed by atoms with Gasteiger partial charge in [-0.05, 0) is 35.9 Å². The molecule has 212 valence electrons. The van der Waals surface area contributed by atoms with Gasteiger partial charge in [0.2, 0.25) is 5.52 Å². The van der Waals surface area contributed by atoms with Gasteiger partial charge in [0.15, 0.2) is 18.0 Å². The van der Waals surface area contributed by atoms with Gasteiger partial charge in [0, 0.05) is 12.5 Å². The summed E-state index contributed by atoms with van der Waals surface area (Å²) in [5, 5.41) is 0.926. The van der Waals surface area contributed by atoms with Crippen LogP contribution in [-0.4, -0.2) is 78.7 Å². The van der Waals surface area contributed by atoms with Gasteiger partial charge in [-0.2, -0.15) is 13.0 Å². The monoisotopic (exact) mass is 580 g/mol. The molecule has 0 amide bonds. The molecule has 1 N–H and O–H groups in total. The number of aromatic nitrogens is 1. The predicted molar refractivity (Wildman–Crippen MR) is 148 cm³/mol. The number of thiazole rings is 1. The average Bonchev–Trinajstić information content (AvgIpc) is 3.25. The fraction of sp³-hybridized carbons (Fsp3) is 0.444. The van der Waals surface area contributed by atoms with Gasteiger partial charge in [0.1, 0.15) is 23.7 Å². The number of aryl methyl sites for hydroxylation is 1. The quantitative estimate of drug-likeness (QED) is 0.332. The zero-order valence-corrected chi connectivity index (χ0v) is 23.5. The Morgan fingerprint density at radius 3 is 2.23 bits per heavy atom. The SMILES string of the molecule is COc1ccc2sc(/C=C/c3ccc4c(c3)OCCOCCOCCOCCO4)[n+](CCCS(=O)(=O)O)c2c1. The number of rotatable bonds is 7. The third-order valence-corrected chi connectivity index (χ3v) is 7.76. The van der Waals surface area contributed by atoms with Crippen molar-refractivity contribution in [2.45, 2.75) is 13.0 Å². The first-order valence-electron chi connectivity index (χ1n) is 12.7. The van der Waals surface area contributed by atoms with Crippen LogP contribution >= 0.6 is 11.3 Å². The molecule has 0 aliphatic carbocycles. The topological polar surface area (TPSA) is 114 Å². The van der Waals surface area contributed by atoms with Gasteiger partial charge >= 0.3 is 0 Å². The van der Waals surface area contributed by atoms with E-state index in [1.807, 2.05) is 53.1 Å². The van der Waals surface area contributed by atoms with E-state index in [4.69, 9.17) is 28.4 Å². The fourth-order valence-electron chi connectivity index (χ4n) is 3.96. The third kappa shape index (κ3) is 9.16. The molecule has 0 bridgehead atoms. The zero-order chi connectivity index (χ0) is 27.5. The lowest BCUT2D eigenvalue weighted by Gasteiger charge is -2.13. The van der Waals surface area contributed by atoms with Crippen LogP contribution in [0.5, 0.6) is 17.2 Å². The fourth-order valence-corrected chi connectivity index (χ4v) is 5.52. The second-order valence-electron chi connectivity index (χ2n) is 8.64. The lowest BCUT2D eigenvalue weighted by atomic mass is 10.2. The Morgan fingerprint density at radius 1 is 0.897 bits per heavy atom. The molecule has 0 spiro atoms. The van der Waals surface area contributed by atoms with E-state index in [-0.39, 0.29) is 12.2 Å². The minimum atomic E-state index is -4.04. The van der Waals surface area contributed by atoms with E-state index in [1.165, 1.54) is 0 Å². The van der Waals surface area contributed by atoms with Gasteiger partial charge in [0.25, 0.3) is 15.1 Å². The van der Waals surface area contributed by atoms with Crippen LogP contribution in [0.3, 0.4) is 0 Å². The van der Waals surface area contributed by atoms with Crippen molar-refractivity contribution < 1.29 is 46.0 Å². The van der Waals surface area contributed by atoms with Crippen LogP contribution in [-0.2, 0) is 30.9 Å². The number of hydrogen-bond acceptors (Lipinski definition) is 9. The van der Waals surface area contributed by atoms with Crippen molar-refractivity contribution in [1.29, 1.82) is 0 Å². The van der Waals surface area contributed by atoms with E-state index in [0.717, 1.165) is 20.8 Å². The molecule has 0 saturated carbocycles.